The van der Waals surface area contributed by atoms with E-state index in [1.807, 2.05) is 0 Å². The fourth-order valence-corrected chi connectivity index (χ4v) is 5.14. The molecule has 2 rings (SSSR count). The first-order valence-corrected chi connectivity index (χ1v) is 8.38. The molecule has 1 aliphatic carbocycles. The van der Waals surface area contributed by atoms with Gasteiger partial charge in [0.1, 0.15) is 10.5 Å². The fourth-order valence-electron chi connectivity index (χ4n) is 2.95. The third-order valence-corrected chi connectivity index (χ3v) is 6.81. The minimum Gasteiger partial charge on any atom is -0.497 e. The van der Waals surface area contributed by atoms with E-state index in [-0.39, 0.29) is 17.7 Å². The van der Waals surface area contributed by atoms with Crippen LogP contribution >= 0.6 is 0 Å². The molecule has 1 atom stereocenters. The van der Waals surface area contributed by atoms with Crippen LogP contribution in [0, 0.1) is 0 Å². The quantitative estimate of drug-likeness (QED) is 0.540. The van der Waals surface area contributed by atoms with Gasteiger partial charge in [0.2, 0.25) is 0 Å². The highest BCUT2D eigenvalue weighted by Crippen LogP contribution is 2.43. The number of aliphatic hydroxyl groups excluding tert-OH is 1. The number of rotatable bonds is 5. The van der Waals surface area contributed by atoms with Crippen molar-refractivity contribution in [1.82, 2.24) is 5.48 Å². The molecule has 0 spiro atoms. The number of carbonyl (C=O) groups is 1. The van der Waals surface area contributed by atoms with Crippen LogP contribution in [-0.2, 0) is 14.6 Å². The van der Waals surface area contributed by atoms with Gasteiger partial charge in [-0.1, -0.05) is 12.8 Å². The Morgan fingerprint density at radius 1 is 1.27 bits per heavy atom. The molecule has 1 aliphatic rings. The molecule has 0 aromatic heterocycles. The Morgan fingerprint density at radius 3 is 2.27 bits per heavy atom. The normalized spacial score (nSPS) is 18.7. The molecule has 0 heterocycles. The Balaban J connectivity index is 2.48. The van der Waals surface area contributed by atoms with Gasteiger partial charge in [0.15, 0.2) is 15.9 Å². The van der Waals surface area contributed by atoms with E-state index in [0.717, 1.165) is 0 Å². The second kappa shape index (κ2) is 6.23. The molecule has 1 fully saturated rings. The minimum absolute atomic E-state index is 0.0139. The van der Waals surface area contributed by atoms with Gasteiger partial charge in [0.05, 0.1) is 12.0 Å². The van der Waals surface area contributed by atoms with Gasteiger partial charge in [-0.05, 0) is 37.1 Å². The number of benzene rings is 1. The molecule has 0 radical (unpaired) electrons. The lowest BCUT2D eigenvalue weighted by molar-refractivity contribution is -0.139. The standard InChI is InChI=1S/C14H19NO6S/c1-21-10-4-6-11(7-5-10)22(19,20)14(8-2-3-9-14)12(16)13(17)15-18/h4-7,12,16,18H,2-3,8-9H2,1H3,(H,15,17). The van der Waals surface area contributed by atoms with Crippen LogP contribution in [0.15, 0.2) is 29.2 Å². The first-order chi connectivity index (χ1) is 10.4. The Hall–Kier alpha value is -1.64. The number of aliphatic hydroxyl groups is 1. The third kappa shape index (κ3) is 2.57. The van der Waals surface area contributed by atoms with Gasteiger partial charge in [-0.2, -0.15) is 0 Å². The van der Waals surface area contributed by atoms with Crippen LogP contribution in [0.2, 0.25) is 0 Å². The molecule has 8 heteroatoms. The monoisotopic (exact) mass is 329 g/mol. The predicted octanol–water partition coefficient (Wildman–Crippen LogP) is 0.648. The summed E-state index contributed by atoms with van der Waals surface area (Å²) in [6.07, 6.45) is -0.325. The van der Waals surface area contributed by atoms with Crippen LogP contribution in [0.3, 0.4) is 0 Å². The van der Waals surface area contributed by atoms with Gasteiger partial charge in [0, 0.05) is 0 Å². The molecule has 3 N–H and O–H groups in total. The van der Waals surface area contributed by atoms with Crippen LogP contribution in [-0.4, -0.2) is 42.6 Å². The maximum absolute atomic E-state index is 13.0. The number of nitrogens with one attached hydrogen (secondary N) is 1. The van der Waals surface area contributed by atoms with Crippen molar-refractivity contribution < 1.29 is 28.3 Å². The molecule has 7 nitrogen and oxygen atoms in total. The van der Waals surface area contributed by atoms with Crippen molar-refractivity contribution in [2.75, 3.05) is 7.11 Å². The van der Waals surface area contributed by atoms with Crippen molar-refractivity contribution in [2.45, 2.75) is 41.4 Å². The highest BCUT2D eigenvalue weighted by Gasteiger charge is 2.54. The molecule has 0 aliphatic heterocycles. The summed E-state index contributed by atoms with van der Waals surface area (Å²) in [4.78, 5) is 11.6. The molecule has 1 unspecified atom stereocenters. The predicted molar refractivity (Wildman–Crippen MR) is 77.3 cm³/mol. The number of hydrogen-bond acceptors (Lipinski definition) is 6. The maximum atomic E-state index is 13.0. The summed E-state index contributed by atoms with van der Waals surface area (Å²) >= 11 is 0. The highest BCUT2D eigenvalue weighted by molar-refractivity contribution is 7.93. The molecular weight excluding hydrogens is 310 g/mol. The summed E-state index contributed by atoms with van der Waals surface area (Å²) in [6, 6.07) is 5.79. The second-order valence-electron chi connectivity index (χ2n) is 5.33. The number of sulfone groups is 1. The summed E-state index contributed by atoms with van der Waals surface area (Å²) in [5, 5.41) is 18.9. The Bertz CT molecular complexity index is 634. The summed E-state index contributed by atoms with van der Waals surface area (Å²) < 4.78 is 29.3. The molecule has 1 saturated carbocycles. The van der Waals surface area contributed by atoms with Gasteiger partial charge in [-0.25, -0.2) is 13.9 Å². The van der Waals surface area contributed by atoms with E-state index >= 15 is 0 Å². The zero-order valence-corrected chi connectivity index (χ0v) is 13.0. The second-order valence-corrected chi connectivity index (χ2v) is 7.62. The summed E-state index contributed by atoms with van der Waals surface area (Å²) in [5.74, 6) is -0.605. The summed E-state index contributed by atoms with van der Waals surface area (Å²) in [6.45, 7) is 0. The van der Waals surface area contributed by atoms with Crippen molar-refractivity contribution in [2.24, 2.45) is 0 Å². The zero-order chi connectivity index (χ0) is 16.4. The third-order valence-electron chi connectivity index (χ3n) is 4.21. The maximum Gasteiger partial charge on any atom is 0.273 e. The molecule has 22 heavy (non-hydrogen) atoms. The Labute approximate surface area is 128 Å². The first kappa shape index (κ1) is 16.7. The lowest BCUT2D eigenvalue weighted by Crippen LogP contribution is -2.54. The van der Waals surface area contributed by atoms with Crippen molar-refractivity contribution in [3.63, 3.8) is 0 Å². The average Bonchev–Trinajstić information content (AvgIpc) is 3.04. The van der Waals surface area contributed by atoms with Crippen LogP contribution in [0.5, 0.6) is 5.75 Å². The number of methoxy groups -OCH3 is 1. The minimum atomic E-state index is -3.96. The number of ether oxygens (including phenoxy) is 1. The number of hydrogen-bond donors (Lipinski definition) is 3. The Kier molecular flexibility index (Phi) is 4.74. The van der Waals surface area contributed by atoms with Gasteiger partial charge in [-0.3, -0.25) is 10.0 Å². The van der Waals surface area contributed by atoms with Gasteiger partial charge >= 0.3 is 0 Å². The van der Waals surface area contributed by atoms with E-state index in [9.17, 15) is 18.3 Å². The highest BCUT2D eigenvalue weighted by atomic mass is 32.2. The van der Waals surface area contributed by atoms with E-state index in [0.29, 0.717) is 18.6 Å². The van der Waals surface area contributed by atoms with E-state index in [1.165, 1.54) is 36.9 Å². The van der Waals surface area contributed by atoms with Gasteiger partial charge in [-0.15, -0.1) is 0 Å². The summed E-state index contributed by atoms with van der Waals surface area (Å²) in [7, 11) is -2.49. The smallest absolute Gasteiger partial charge is 0.273 e. The van der Waals surface area contributed by atoms with E-state index in [4.69, 9.17) is 9.94 Å². The SMILES string of the molecule is COc1ccc(S(=O)(=O)C2(C(O)C(=O)NO)CCCC2)cc1. The fraction of sp³-hybridized carbons (Fsp3) is 0.500. The van der Waals surface area contributed by atoms with E-state index < -0.39 is 26.6 Å². The van der Waals surface area contributed by atoms with Crippen LogP contribution in [0.1, 0.15) is 25.7 Å². The van der Waals surface area contributed by atoms with Crippen molar-refractivity contribution in [1.29, 1.82) is 0 Å². The summed E-state index contributed by atoms with van der Waals surface area (Å²) in [5.41, 5.74) is 1.33. The molecule has 0 bridgehead atoms. The van der Waals surface area contributed by atoms with Crippen LogP contribution in [0.25, 0.3) is 0 Å². The molecule has 0 saturated heterocycles. The van der Waals surface area contributed by atoms with Gasteiger partial charge in [0.25, 0.3) is 5.91 Å². The molecule has 1 aromatic carbocycles. The van der Waals surface area contributed by atoms with Crippen molar-refractivity contribution in [3.05, 3.63) is 24.3 Å². The van der Waals surface area contributed by atoms with Crippen LogP contribution in [0.4, 0.5) is 0 Å². The lowest BCUT2D eigenvalue weighted by atomic mass is 9.99. The Morgan fingerprint density at radius 2 is 1.82 bits per heavy atom. The largest absolute Gasteiger partial charge is 0.497 e. The van der Waals surface area contributed by atoms with Crippen molar-refractivity contribution in [3.8, 4) is 5.75 Å². The molecule has 1 amide bonds. The molecule has 122 valence electrons. The van der Waals surface area contributed by atoms with Crippen molar-refractivity contribution >= 4 is 15.7 Å². The number of carbonyl (C=O) groups excluding carboxylic acids is 1. The molecule has 1 aromatic rings. The number of amides is 1. The first-order valence-electron chi connectivity index (χ1n) is 6.90. The zero-order valence-electron chi connectivity index (χ0n) is 12.2. The molecular formula is C14H19NO6S. The van der Waals surface area contributed by atoms with E-state index in [1.54, 1.807) is 0 Å². The number of hydroxylamine groups is 1. The van der Waals surface area contributed by atoms with E-state index in [2.05, 4.69) is 0 Å². The lowest BCUT2D eigenvalue weighted by Gasteiger charge is -2.32. The average molecular weight is 329 g/mol. The topological polar surface area (TPSA) is 113 Å². The van der Waals surface area contributed by atoms with Crippen LogP contribution < -0.4 is 10.2 Å². The van der Waals surface area contributed by atoms with Gasteiger partial charge < -0.3 is 9.84 Å².